The summed E-state index contributed by atoms with van der Waals surface area (Å²) in [7, 11) is 0. The summed E-state index contributed by atoms with van der Waals surface area (Å²) >= 11 is 10.6. The van der Waals surface area contributed by atoms with Crippen LogP contribution in [0.3, 0.4) is 0 Å². The van der Waals surface area contributed by atoms with Gasteiger partial charge in [-0.15, -0.1) is 0 Å². The van der Waals surface area contributed by atoms with E-state index in [-0.39, 0.29) is 0 Å². The molecule has 0 aliphatic heterocycles. The molecule has 0 saturated heterocycles. The van der Waals surface area contributed by atoms with Gasteiger partial charge >= 0.3 is 0 Å². The second-order valence-corrected chi connectivity index (χ2v) is 4.40. The van der Waals surface area contributed by atoms with Crippen LogP contribution in [-0.4, -0.2) is 0 Å². The molecule has 0 radical (unpaired) electrons. The summed E-state index contributed by atoms with van der Waals surface area (Å²) in [4.78, 5) is 0. The highest BCUT2D eigenvalue weighted by Crippen LogP contribution is 2.14. The average molecular weight is 276 g/mol. The van der Waals surface area contributed by atoms with Crippen molar-refractivity contribution in [3.63, 3.8) is 0 Å². The molecule has 1 aromatic carbocycles. The molecule has 1 aromatic heterocycles. The van der Waals surface area contributed by atoms with Crippen LogP contribution < -0.4 is 0 Å². The van der Waals surface area contributed by atoms with Gasteiger partial charge in [0.1, 0.15) is 0 Å². The first-order valence-corrected chi connectivity index (χ1v) is 5.78. The third-order valence-corrected chi connectivity index (χ3v) is 2.57. The Labute approximate surface area is 95.3 Å². The highest BCUT2D eigenvalue weighted by atomic mass is 79.9. The Morgan fingerprint density at radius 3 is 2.08 bits per heavy atom. The van der Waals surface area contributed by atoms with Gasteiger partial charge < -0.3 is 0 Å². The van der Waals surface area contributed by atoms with Crippen molar-refractivity contribution in [2.45, 2.75) is 0 Å². The van der Waals surface area contributed by atoms with Gasteiger partial charge in [0.05, 0.1) is 0 Å². The lowest BCUT2D eigenvalue weighted by atomic mass is 10.4. The molecule has 2 aromatic rings. The first kappa shape index (κ1) is 10.8. The fourth-order valence-electron chi connectivity index (χ4n) is 0.687. The molecule has 0 saturated carbocycles. The van der Waals surface area contributed by atoms with E-state index in [0.29, 0.717) is 0 Å². The fourth-order valence-corrected chi connectivity index (χ4v) is 1.86. The van der Waals surface area contributed by atoms with Crippen LogP contribution in [0.2, 0.25) is 5.02 Å². The number of halogens is 2. The third-order valence-electron chi connectivity index (χ3n) is 1.21. The second kappa shape index (κ2) is 6.19. The molecule has 0 fully saturated rings. The first-order valence-electron chi connectivity index (χ1n) is 3.67. The Kier molecular flexibility index (Phi) is 5.13. The molecular formula is C10H8BrClS. The highest BCUT2D eigenvalue weighted by molar-refractivity contribution is 9.10. The van der Waals surface area contributed by atoms with E-state index in [0.717, 1.165) is 9.50 Å². The van der Waals surface area contributed by atoms with E-state index in [2.05, 4.69) is 15.9 Å². The van der Waals surface area contributed by atoms with Crippen LogP contribution in [0.25, 0.3) is 0 Å². The molecule has 1 heterocycles. The summed E-state index contributed by atoms with van der Waals surface area (Å²) in [6, 6.07) is 11.6. The lowest BCUT2D eigenvalue weighted by Gasteiger charge is -1.87. The van der Waals surface area contributed by atoms with Gasteiger partial charge in [-0.1, -0.05) is 45.7 Å². The number of hydrogen-bond donors (Lipinski definition) is 0. The van der Waals surface area contributed by atoms with Crippen LogP contribution in [0.5, 0.6) is 0 Å². The summed E-state index contributed by atoms with van der Waals surface area (Å²) < 4.78 is 1.02. The van der Waals surface area contributed by atoms with Gasteiger partial charge in [0.25, 0.3) is 0 Å². The molecule has 0 unspecified atom stereocenters. The predicted octanol–water partition coefficient (Wildman–Crippen LogP) is 4.85. The largest absolute Gasteiger partial charge is 0.152 e. The Hall–Kier alpha value is -0.310. The van der Waals surface area contributed by atoms with E-state index in [4.69, 9.17) is 11.6 Å². The van der Waals surface area contributed by atoms with Crippen LogP contribution in [-0.2, 0) is 0 Å². The van der Waals surface area contributed by atoms with E-state index < -0.39 is 0 Å². The minimum Gasteiger partial charge on any atom is -0.152 e. The Balaban J connectivity index is 0.000000145. The molecule has 0 aliphatic carbocycles. The molecule has 2 rings (SSSR count). The van der Waals surface area contributed by atoms with E-state index in [1.165, 1.54) is 0 Å². The van der Waals surface area contributed by atoms with Crippen molar-refractivity contribution >= 4 is 38.9 Å². The maximum absolute atomic E-state index is 5.61. The summed E-state index contributed by atoms with van der Waals surface area (Å²) in [5, 5.41) is 4.85. The van der Waals surface area contributed by atoms with Crippen LogP contribution in [0.4, 0.5) is 0 Å². The van der Waals surface area contributed by atoms with E-state index in [1.807, 2.05) is 47.2 Å². The van der Waals surface area contributed by atoms with Crippen LogP contribution in [0, 0.1) is 0 Å². The quantitative estimate of drug-likeness (QED) is 0.645. The first-order chi connectivity index (χ1) is 6.29. The lowest BCUT2D eigenvalue weighted by Crippen LogP contribution is -1.61. The molecule has 0 atom stereocenters. The van der Waals surface area contributed by atoms with Gasteiger partial charge in [-0.2, -0.15) is 11.3 Å². The minimum absolute atomic E-state index is 0.763. The number of rotatable bonds is 0. The van der Waals surface area contributed by atoms with Gasteiger partial charge in [-0.05, 0) is 29.0 Å². The maximum Gasteiger partial charge on any atom is 0.0417 e. The molecular weight excluding hydrogens is 268 g/mol. The Bertz CT molecular complexity index is 298. The minimum atomic E-state index is 0.763. The molecule has 13 heavy (non-hydrogen) atoms. The van der Waals surface area contributed by atoms with Gasteiger partial charge in [0, 0.05) is 9.50 Å². The van der Waals surface area contributed by atoms with Crippen molar-refractivity contribution < 1.29 is 0 Å². The average Bonchev–Trinajstić information content (AvgIpc) is 2.59. The summed E-state index contributed by atoms with van der Waals surface area (Å²) in [6.45, 7) is 0. The zero-order valence-electron chi connectivity index (χ0n) is 6.78. The maximum atomic E-state index is 5.61. The van der Waals surface area contributed by atoms with Gasteiger partial charge in [-0.3, -0.25) is 0 Å². The monoisotopic (exact) mass is 274 g/mol. The van der Waals surface area contributed by atoms with Crippen molar-refractivity contribution in [2.75, 3.05) is 0 Å². The standard InChI is InChI=1S/C6H4BrCl.C4H4S/c7-5-2-1-3-6(8)4-5;1-2-4-5-3-1/h1-4H;1-4H. The second-order valence-electron chi connectivity index (χ2n) is 2.23. The zero-order valence-corrected chi connectivity index (χ0v) is 9.94. The van der Waals surface area contributed by atoms with Crippen LogP contribution >= 0.6 is 38.9 Å². The zero-order chi connectivity index (χ0) is 9.52. The third kappa shape index (κ3) is 5.09. The van der Waals surface area contributed by atoms with Crippen molar-refractivity contribution in [1.82, 2.24) is 0 Å². The van der Waals surface area contributed by atoms with Gasteiger partial charge in [0.2, 0.25) is 0 Å². The van der Waals surface area contributed by atoms with Crippen molar-refractivity contribution in [3.05, 3.63) is 56.7 Å². The smallest absolute Gasteiger partial charge is 0.0417 e. The molecule has 0 amide bonds. The summed E-state index contributed by atoms with van der Waals surface area (Å²) in [6.07, 6.45) is 0. The molecule has 0 aliphatic rings. The lowest BCUT2D eigenvalue weighted by molar-refractivity contribution is 1.65. The molecule has 3 heteroatoms. The van der Waals surface area contributed by atoms with Crippen molar-refractivity contribution in [2.24, 2.45) is 0 Å². The number of hydrogen-bond acceptors (Lipinski definition) is 1. The highest BCUT2D eigenvalue weighted by Gasteiger charge is 1.84. The molecule has 0 nitrogen and oxygen atoms in total. The molecule has 68 valence electrons. The Morgan fingerprint density at radius 2 is 1.77 bits per heavy atom. The summed E-state index contributed by atoms with van der Waals surface area (Å²) in [5.74, 6) is 0. The van der Waals surface area contributed by atoms with E-state index in [9.17, 15) is 0 Å². The van der Waals surface area contributed by atoms with Crippen LogP contribution in [0.15, 0.2) is 51.6 Å². The summed E-state index contributed by atoms with van der Waals surface area (Å²) in [5.41, 5.74) is 0. The van der Waals surface area contributed by atoms with Gasteiger partial charge in [-0.25, -0.2) is 0 Å². The SMILES string of the molecule is Clc1cccc(Br)c1.c1ccsc1. The Morgan fingerprint density at radius 1 is 1.08 bits per heavy atom. The number of benzene rings is 1. The van der Waals surface area contributed by atoms with E-state index in [1.54, 1.807) is 11.3 Å². The van der Waals surface area contributed by atoms with Crippen molar-refractivity contribution in [3.8, 4) is 0 Å². The molecule has 0 N–H and O–H groups in total. The normalized spacial score (nSPS) is 8.77. The van der Waals surface area contributed by atoms with Crippen LogP contribution in [0.1, 0.15) is 0 Å². The number of thiophene rings is 1. The van der Waals surface area contributed by atoms with E-state index >= 15 is 0 Å². The van der Waals surface area contributed by atoms with Gasteiger partial charge in [0.15, 0.2) is 0 Å². The topological polar surface area (TPSA) is 0 Å². The molecule has 0 bridgehead atoms. The fraction of sp³-hybridized carbons (Fsp3) is 0. The predicted molar refractivity (Wildman–Crippen MR) is 63.5 cm³/mol. The molecule has 0 spiro atoms. The van der Waals surface area contributed by atoms with Crippen molar-refractivity contribution in [1.29, 1.82) is 0 Å².